The average Bonchev–Trinajstić information content (AvgIpc) is 3.22. The van der Waals surface area contributed by atoms with Gasteiger partial charge in [0, 0.05) is 18.0 Å². The van der Waals surface area contributed by atoms with Gasteiger partial charge in [-0.3, -0.25) is 9.78 Å². The van der Waals surface area contributed by atoms with Crippen molar-refractivity contribution >= 4 is 5.91 Å². The monoisotopic (exact) mass is 419 g/mol. The predicted octanol–water partition coefficient (Wildman–Crippen LogP) is 4.41. The van der Waals surface area contributed by atoms with Gasteiger partial charge in [0.1, 0.15) is 17.3 Å². The Hall–Kier alpha value is -3.94. The highest BCUT2D eigenvalue weighted by Crippen LogP contribution is 2.26. The van der Waals surface area contributed by atoms with Crippen molar-refractivity contribution in [3.8, 4) is 16.9 Å². The van der Waals surface area contributed by atoms with Crippen LogP contribution in [-0.2, 0) is 0 Å². The van der Waals surface area contributed by atoms with Crippen LogP contribution in [0.2, 0.25) is 0 Å². The van der Waals surface area contributed by atoms with Crippen LogP contribution in [0.15, 0.2) is 67.0 Å². The molecule has 0 aliphatic rings. The summed E-state index contributed by atoms with van der Waals surface area (Å²) < 4.78 is 28.5. The fraction of sp³-hybridized carbons (Fsp3) is 0.130. The van der Waals surface area contributed by atoms with Crippen LogP contribution >= 0.6 is 0 Å². The van der Waals surface area contributed by atoms with Gasteiger partial charge in [-0.1, -0.05) is 17.3 Å². The Morgan fingerprint density at radius 2 is 1.74 bits per heavy atom. The summed E-state index contributed by atoms with van der Waals surface area (Å²) in [5.74, 6) is -1.12. The molecule has 4 rings (SSSR count). The van der Waals surface area contributed by atoms with Crippen molar-refractivity contribution in [1.29, 1.82) is 0 Å². The Balaban J connectivity index is 1.73. The van der Waals surface area contributed by atoms with Crippen LogP contribution in [0, 0.1) is 18.6 Å². The van der Waals surface area contributed by atoms with Gasteiger partial charge in [0.05, 0.1) is 11.7 Å². The number of carbonyl (C=O) groups excluding carboxylic acids is 1. The number of hydrogen-bond donors (Lipinski definition) is 1. The van der Waals surface area contributed by atoms with Crippen LogP contribution in [0.3, 0.4) is 0 Å². The average molecular weight is 419 g/mol. The van der Waals surface area contributed by atoms with E-state index in [0.717, 1.165) is 5.56 Å². The number of halogens is 2. The van der Waals surface area contributed by atoms with E-state index in [1.807, 2.05) is 0 Å². The molecule has 4 aromatic rings. The number of rotatable bonds is 5. The largest absolute Gasteiger partial charge is 0.344 e. The smallest absolute Gasteiger partial charge is 0.274 e. The number of nitrogens with zero attached hydrogens (tertiary/aromatic N) is 4. The molecule has 0 aliphatic heterocycles. The molecule has 0 radical (unpaired) electrons. The summed E-state index contributed by atoms with van der Waals surface area (Å²) in [6.45, 7) is 3.45. The molecule has 1 atom stereocenters. The van der Waals surface area contributed by atoms with Gasteiger partial charge in [-0.2, -0.15) is 0 Å². The Kier molecular flexibility index (Phi) is 5.53. The lowest BCUT2D eigenvalue weighted by Gasteiger charge is -2.14. The second-order valence-corrected chi connectivity index (χ2v) is 7.11. The van der Waals surface area contributed by atoms with Crippen LogP contribution in [-0.4, -0.2) is 25.9 Å². The molecular formula is C23H19F2N5O. The molecule has 2 heterocycles. The van der Waals surface area contributed by atoms with Crippen LogP contribution in [0.4, 0.5) is 8.78 Å². The molecular weight excluding hydrogens is 400 g/mol. The van der Waals surface area contributed by atoms with Crippen LogP contribution in [0.5, 0.6) is 0 Å². The maximum Gasteiger partial charge on any atom is 0.274 e. The molecule has 0 fully saturated rings. The van der Waals surface area contributed by atoms with E-state index >= 15 is 0 Å². The van der Waals surface area contributed by atoms with E-state index in [9.17, 15) is 13.6 Å². The number of amides is 1. The topological polar surface area (TPSA) is 72.7 Å². The Bertz CT molecular complexity index is 1220. The van der Waals surface area contributed by atoms with E-state index in [2.05, 4.69) is 20.6 Å². The lowest BCUT2D eigenvalue weighted by molar-refractivity contribution is 0.0935. The number of aryl methyl sites for hydroxylation is 1. The van der Waals surface area contributed by atoms with Crippen molar-refractivity contribution in [3.05, 3.63) is 95.4 Å². The first-order valence-electron chi connectivity index (χ1n) is 9.63. The molecule has 0 spiro atoms. The third-order valence-electron chi connectivity index (χ3n) is 4.94. The standard InChI is InChI=1S/C23H19F2N5O/c1-14-13-19(7-8-20(14)25)30-22(17-9-11-26-12-10-17)21(28-29-30)23(31)27-15(2)16-3-5-18(24)6-4-16/h3-13,15H,1-2H3,(H,27,31)/t15-/m0/s1. The van der Waals surface area contributed by atoms with Crippen LogP contribution < -0.4 is 5.32 Å². The predicted molar refractivity (Wildman–Crippen MR) is 112 cm³/mol. The first kappa shape index (κ1) is 20.3. The van der Waals surface area contributed by atoms with Gasteiger partial charge in [0.2, 0.25) is 0 Å². The Morgan fingerprint density at radius 1 is 1.03 bits per heavy atom. The molecule has 1 amide bonds. The van der Waals surface area contributed by atoms with Gasteiger partial charge < -0.3 is 5.32 Å². The highest BCUT2D eigenvalue weighted by atomic mass is 19.1. The highest BCUT2D eigenvalue weighted by molar-refractivity contribution is 5.98. The number of hydrogen-bond acceptors (Lipinski definition) is 4. The molecule has 2 aromatic heterocycles. The van der Waals surface area contributed by atoms with Crippen LogP contribution in [0.25, 0.3) is 16.9 Å². The van der Waals surface area contributed by atoms with Crippen molar-refractivity contribution in [1.82, 2.24) is 25.3 Å². The fourth-order valence-corrected chi connectivity index (χ4v) is 3.24. The number of benzene rings is 2. The highest BCUT2D eigenvalue weighted by Gasteiger charge is 2.24. The maximum absolute atomic E-state index is 13.8. The molecule has 6 nitrogen and oxygen atoms in total. The Morgan fingerprint density at radius 3 is 2.42 bits per heavy atom. The summed E-state index contributed by atoms with van der Waals surface area (Å²) in [7, 11) is 0. The quantitative estimate of drug-likeness (QED) is 0.520. The van der Waals surface area contributed by atoms with E-state index < -0.39 is 5.91 Å². The zero-order valence-corrected chi connectivity index (χ0v) is 16.9. The molecule has 31 heavy (non-hydrogen) atoms. The van der Waals surface area contributed by atoms with Crippen LogP contribution in [0.1, 0.15) is 34.6 Å². The normalized spacial score (nSPS) is 11.9. The number of carbonyl (C=O) groups is 1. The molecule has 0 saturated heterocycles. The first-order valence-corrected chi connectivity index (χ1v) is 9.63. The summed E-state index contributed by atoms with van der Waals surface area (Å²) in [6.07, 6.45) is 3.21. The summed E-state index contributed by atoms with van der Waals surface area (Å²) in [5.41, 5.74) is 3.02. The third-order valence-corrected chi connectivity index (χ3v) is 4.94. The van der Waals surface area contributed by atoms with Crippen molar-refractivity contribution in [3.63, 3.8) is 0 Å². The van der Waals surface area contributed by atoms with E-state index in [1.165, 1.54) is 22.9 Å². The van der Waals surface area contributed by atoms with Crippen molar-refractivity contribution in [2.24, 2.45) is 0 Å². The fourth-order valence-electron chi connectivity index (χ4n) is 3.24. The van der Waals surface area contributed by atoms with Crippen molar-refractivity contribution < 1.29 is 13.6 Å². The third kappa shape index (κ3) is 4.18. The lowest BCUT2D eigenvalue weighted by atomic mass is 10.1. The zero-order valence-electron chi connectivity index (χ0n) is 16.9. The summed E-state index contributed by atoms with van der Waals surface area (Å²) in [6, 6.07) is 13.6. The van der Waals surface area contributed by atoms with E-state index in [-0.39, 0.29) is 23.4 Å². The molecule has 0 aliphatic carbocycles. The van der Waals surface area contributed by atoms with E-state index in [1.54, 1.807) is 62.6 Å². The number of nitrogens with one attached hydrogen (secondary N) is 1. The first-order chi connectivity index (χ1) is 14.9. The number of pyridine rings is 1. The van der Waals surface area contributed by atoms with E-state index in [4.69, 9.17) is 0 Å². The minimum Gasteiger partial charge on any atom is -0.344 e. The molecule has 2 aromatic carbocycles. The zero-order chi connectivity index (χ0) is 22.0. The van der Waals surface area contributed by atoms with Gasteiger partial charge in [-0.05, 0) is 67.4 Å². The molecule has 0 saturated carbocycles. The molecule has 8 heteroatoms. The summed E-state index contributed by atoms with van der Waals surface area (Å²) >= 11 is 0. The summed E-state index contributed by atoms with van der Waals surface area (Å²) in [4.78, 5) is 17.1. The minimum atomic E-state index is -0.436. The summed E-state index contributed by atoms with van der Waals surface area (Å²) in [5, 5.41) is 11.1. The second-order valence-electron chi connectivity index (χ2n) is 7.11. The molecule has 156 valence electrons. The van der Waals surface area contributed by atoms with Gasteiger partial charge in [-0.15, -0.1) is 5.10 Å². The van der Waals surface area contributed by atoms with Crippen molar-refractivity contribution in [2.45, 2.75) is 19.9 Å². The lowest BCUT2D eigenvalue weighted by Crippen LogP contribution is -2.27. The van der Waals surface area contributed by atoms with Gasteiger partial charge in [-0.25, -0.2) is 13.5 Å². The van der Waals surface area contributed by atoms with Gasteiger partial charge in [0.15, 0.2) is 5.69 Å². The molecule has 0 bridgehead atoms. The Labute approximate surface area is 177 Å². The second kappa shape index (κ2) is 8.43. The minimum absolute atomic E-state index is 0.113. The van der Waals surface area contributed by atoms with E-state index in [0.29, 0.717) is 22.5 Å². The van der Waals surface area contributed by atoms with Crippen molar-refractivity contribution in [2.75, 3.05) is 0 Å². The molecule has 1 N–H and O–H groups in total. The maximum atomic E-state index is 13.8. The number of aromatic nitrogens is 4. The van der Waals surface area contributed by atoms with Gasteiger partial charge in [0.25, 0.3) is 5.91 Å². The molecule has 0 unspecified atom stereocenters. The SMILES string of the molecule is Cc1cc(-n2nnc(C(=O)N[C@@H](C)c3ccc(F)cc3)c2-c2ccncc2)ccc1F. The van der Waals surface area contributed by atoms with Gasteiger partial charge >= 0.3 is 0 Å².